The lowest BCUT2D eigenvalue weighted by Crippen LogP contribution is -2.20. The minimum absolute atomic E-state index is 0.0286. The molecule has 0 saturated heterocycles. The Morgan fingerprint density at radius 2 is 2.26 bits per heavy atom. The summed E-state index contributed by atoms with van der Waals surface area (Å²) < 4.78 is 2.25. The SMILES string of the molecule is NNc1cc(Cn2cnc3ccsc3c2=O)ccn1. The maximum absolute atomic E-state index is 12.2. The Balaban J connectivity index is 2.00. The molecule has 0 fully saturated rings. The van der Waals surface area contributed by atoms with E-state index >= 15 is 0 Å². The first-order valence-corrected chi connectivity index (χ1v) is 6.50. The highest BCUT2D eigenvalue weighted by molar-refractivity contribution is 7.17. The van der Waals surface area contributed by atoms with Crippen LogP contribution in [0.4, 0.5) is 5.82 Å². The molecule has 3 aromatic heterocycles. The van der Waals surface area contributed by atoms with Gasteiger partial charge in [0.15, 0.2) is 0 Å². The zero-order valence-corrected chi connectivity index (χ0v) is 10.7. The fourth-order valence-electron chi connectivity index (χ4n) is 1.84. The zero-order valence-electron chi connectivity index (χ0n) is 9.91. The molecule has 3 heterocycles. The third-order valence-electron chi connectivity index (χ3n) is 2.76. The average Bonchev–Trinajstić information content (AvgIpc) is 2.91. The number of hydrogen-bond acceptors (Lipinski definition) is 6. The summed E-state index contributed by atoms with van der Waals surface area (Å²) in [5, 5.41) is 1.87. The summed E-state index contributed by atoms with van der Waals surface area (Å²) in [5.74, 6) is 5.88. The van der Waals surface area contributed by atoms with Gasteiger partial charge in [0.25, 0.3) is 5.56 Å². The van der Waals surface area contributed by atoms with Gasteiger partial charge in [-0.15, -0.1) is 11.3 Å². The first-order chi connectivity index (χ1) is 9.28. The van der Waals surface area contributed by atoms with Crippen molar-refractivity contribution < 1.29 is 0 Å². The molecule has 0 atom stereocenters. The van der Waals surface area contributed by atoms with Crippen LogP contribution in [0.2, 0.25) is 0 Å². The second kappa shape index (κ2) is 4.79. The second-order valence-corrected chi connectivity index (χ2v) is 4.92. The van der Waals surface area contributed by atoms with Crippen molar-refractivity contribution >= 4 is 27.4 Å². The van der Waals surface area contributed by atoms with Crippen molar-refractivity contribution in [1.29, 1.82) is 0 Å². The number of hydrogen-bond donors (Lipinski definition) is 2. The first kappa shape index (κ1) is 11.8. The number of anilines is 1. The Hall–Kier alpha value is -2.25. The third-order valence-corrected chi connectivity index (χ3v) is 3.65. The Morgan fingerprint density at radius 1 is 1.37 bits per heavy atom. The van der Waals surface area contributed by atoms with E-state index in [1.54, 1.807) is 23.2 Å². The molecule has 0 aliphatic carbocycles. The summed E-state index contributed by atoms with van der Waals surface area (Å²) in [7, 11) is 0. The molecule has 0 aliphatic rings. The van der Waals surface area contributed by atoms with Gasteiger partial charge in [0, 0.05) is 6.20 Å². The number of pyridine rings is 1. The van der Waals surface area contributed by atoms with Gasteiger partial charge in [0.2, 0.25) is 0 Å². The van der Waals surface area contributed by atoms with E-state index in [2.05, 4.69) is 15.4 Å². The predicted octanol–water partition coefficient (Wildman–Crippen LogP) is 1.19. The van der Waals surface area contributed by atoms with Crippen LogP contribution in [0.25, 0.3) is 10.2 Å². The Kier molecular flexibility index (Phi) is 2.98. The Labute approximate surface area is 112 Å². The number of nitrogen functional groups attached to an aromatic ring is 1. The monoisotopic (exact) mass is 273 g/mol. The molecular formula is C12H11N5OS. The topological polar surface area (TPSA) is 85.8 Å². The van der Waals surface area contributed by atoms with E-state index in [1.165, 1.54) is 11.3 Å². The second-order valence-electron chi connectivity index (χ2n) is 4.01. The lowest BCUT2D eigenvalue weighted by molar-refractivity contribution is 0.749. The molecule has 0 bridgehead atoms. The molecule has 0 spiro atoms. The van der Waals surface area contributed by atoms with Gasteiger partial charge in [-0.2, -0.15) is 0 Å². The maximum Gasteiger partial charge on any atom is 0.271 e. The molecule has 0 saturated carbocycles. The van der Waals surface area contributed by atoms with Gasteiger partial charge in [0.05, 0.1) is 18.4 Å². The highest BCUT2D eigenvalue weighted by Crippen LogP contribution is 2.14. The van der Waals surface area contributed by atoms with Crippen molar-refractivity contribution in [3.05, 3.63) is 52.0 Å². The van der Waals surface area contributed by atoms with Gasteiger partial charge in [-0.05, 0) is 29.1 Å². The number of hydrazine groups is 1. The molecule has 0 amide bonds. The molecule has 3 N–H and O–H groups in total. The van der Waals surface area contributed by atoms with E-state index in [9.17, 15) is 4.79 Å². The normalized spacial score (nSPS) is 10.8. The molecule has 0 aromatic carbocycles. The fraction of sp³-hybridized carbons (Fsp3) is 0.0833. The minimum Gasteiger partial charge on any atom is -0.308 e. The summed E-state index contributed by atoms with van der Waals surface area (Å²) >= 11 is 1.41. The number of thiophene rings is 1. The molecule has 6 nitrogen and oxygen atoms in total. The van der Waals surface area contributed by atoms with Crippen LogP contribution >= 0.6 is 11.3 Å². The van der Waals surface area contributed by atoms with E-state index < -0.39 is 0 Å². The average molecular weight is 273 g/mol. The van der Waals surface area contributed by atoms with Crippen molar-refractivity contribution in [3.63, 3.8) is 0 Å². The van der Waals surface area contributed by atoms with Crippen molar-refractivity contribution in [1.82, 2.24) is 14.5 Å². The maximum atomic E-state index is 12.2. The lowest BCUT2D eigenvalue weighted by atomic mass is 10.2. The van der Waals surface area contributed by atoms with Gasteiger partial charge in [0.1, 0.15) is 10.5 Å². The van der Waals surface area contributed by atoms with E-state index in [0.717, 1.165) is 11.1 Å². The Morgan fingerprint density at radius 3 is 3.11 bits per heavy atom. The van der Waals surface area contributed by atoms with Crippen molar-refractivity contribution in [2.24, 2.45) is 5.84 Å². The highest BCUT2D eigenvalue weighted by Gasteiger charge is 2.06. The zero-order chi connectivity index (χ0) is 13.2. The summed E-state index contributed by atoms with van der Waals surface area (Å²) in [6, 6.07) is 5.48. The number of fused-ring (bicyclic) bond motifs is 1. The minimum atomic E-state index is -0.0286. The summed E-state index contributed by atoms with van der Waals surface area (Å²) in [5.41, 5.74) is 4.13. The summed E-state index contributed by atoms with van der Waals surface area (Å²) in [6.45, 7) is 0.441. The molecule has 3 rings (SSSR count). The molecule has 7 heteroatoms. The van der Waals surface area contributed by atoms with Crippen LogP contribution in [0.3, 0.4) is 0 Å². The van der Waals surface area contributed by atoms with Gasteiger partial charge in [-0.3, -0.25) is 9.36 Å². The van der Waals surface area contributed by atoms with Crippen LogP contribution in [0.1, 0.15) is 5.56 Å². The lowest BCUT2D eigenvalue weighted by Gasteiger charge is -2.06. The number of aromatic nitrogens is 3. The van der Waals surface area contributed by atoms with Crippen LogP contribution in [0.5, 0.6) is 0 Å². The van der Waals surface area contributed by atoms with Gasteiger partial charge in [-0.25, -0.2) is 15.8 Å². The van der Waals surface area contributed by atoms with Gasteiger partial charge >= 0.3 is 0 Å². The predicted molar refractivity (Wildman–Crippen MR) is 75.0 cm³/mol. The third kappa shape index (κ3) is 2.20. The number of nitrogens with two attached hydrogens (primary N) is 1. The molecule has 96 valence electrons. The standard InChI is InChI=1S/C12H11N5OS/c13-16-10-5-8(1-3-14-10)6-17-7-15-9-2-4-19-11(9)12(17)18/h1-5,7H,6,13H2,(H,14,16). The van der Waals surface area contributed by atoms with Crippen LogP contribution in [0, 0.1) is 0 Å². The number of nitrogens with one attached hydrogen (secondary N) is 1. The summed E-state index contributed by atoms with van der Waals surface area (Å²) in [6.07, 6.45) is 3.21. The first-order valence-electron chi connectivity index (χ1n) is 5.62. The molecule has 19 heavy (non-hydrogen) atoms. The fourth-order valence-corrected chi connectivity index (χ4v) is 2.63. The van der Waals surface area contributed by atoms with Crippen LogP contribution < -0.4 is 16.8 Å². The smallest absolute Gasteiger partial charge is 0.271 e. The largest absolute Gasteiger partial charge is 0.308 e. The van der Waals surface area contributed by atoms with Gasteiger partial charge < -0.3 is 5.43 Å². The molecule has 0 aliphatic heterocycles. The van der Waals surface area contributed by atoms with E-state index in [4.69, 9.17) is 5.84 Å². The molecule has 0 radical (unpaired) electrons. The van der Waals surface area contributed by atoms with Crippen LogP contribution in [0.15, 0.2) is 40.9 Å². The van der Waals surface area contributed by atoms with E-state index in [0.29, 0.717) is 17.1 Å². The quantitative estimate of drug-likeness (QED) is 0.553. The highest BCUT2D eigenvalue weighted by atomic mass is 32.1. The van der Waals surface area contributed by atoms with Gasteiger partial charge in [-0.1, -0.05) is 0 Å². The van der Waals surface area contributed by atoms with Crippen molar-refractivity contribution in [3.8, 4) is 0 Å². The Bertz CT molecular complexity index is 779. The van der Waals surface area contributed by atoms with E-state index in [1.807, 2.05) is 17.5 Å². The molecule has 0 unspecified atom stereocenters. The van der Waals surface area contributed by atoms with Crippen molar-refractivity contribution in [2.75, 3.05) is 5.43 Å². The molecular weight excluding hydrogens is 262 g/mol. The van der Waals surface area contributed by atoms with Crippen LogP contribution in [-0.2, 0) is 6.54 Å². The number of nitrogens with zero attached hydrogens (tertiary/aromatic N) is 3. The molecule has 3 aromatic rings. The van der Waals surface area contributed by atoms with E-state index in [-0.39, 0.29) is 5.56 Å². The van der Waals surface area contributed by atoms with Crippen LogP contribution in [-0.4, -0.2) is 14.5 Å². The number of rotatable bonds is 3. The van der Waals surface area contributed by atoms with Crippen molar-refractivity contribution in [2.45, 2.75) is 6.54 Å². The summed E-state index contributed by atoms with van der Waals surface area (Å²) in [4.78, 5) is 20.5.